The third-order valence-corrected chi connectivity index (χ3v) is 4.37. The lowest BCUT2D eigenvalue weighted by atomic mass is 9.90. The maximum Gasteiger partial charge on any atom is 0.407 e. The first-order valence-electron chi connectivity index (χ1n) is 9.13. The summed E-state index contributed by atoms with van der Waals surface area (Å²) in [6.45, 7) is 7.23. The lowest BCUT2D eigenvalue weighted by Gasteiger charge is -2.22. The van der Waals surface area contributed by atoms with E-state index in [4.69, 9.17) is 20.7 Å². The Kier molecular flexibility index (Phi) is 10.1. The lowest BCUT2D eigenvalue weighted by molar-refractivity contribution is -0.143. The number of ether oxygens (including phenoxy) is 1. The van der Waals surface area contributed by atoms with E-state index in [-0.39, 0.29) is 30.4 Å². The minimum Gasteiger partial charge on any atom is -0.481 e. The van der Waals surface area contributed by atoms with Crippen molar-refractivity contribution in [1.82, 2.24) is 5.32 Å². The van der Waals surface area contributed by atoms with E-state index in [1.807, 2.05) is 6.92 Å². The minimum atomic E-state index is -1.02. The standard InChI is InChI=1S/C13H17NO4.C7H13NO2.ClH/c1-13(2,3)18-12(17)14-8-9-6-4-5-7-10(9)11(15)16;1-7(8)4-2-3-5(7)6(9)10;/h4-7H,8H2,1-3H3,(H,14,17)(H,15,16);5H,2-4,8H2,1H3,(H,9,10);1H/t;5-,7+;/m.0./s1. The van der Waals surface area contributed by atoms with Crippen LogP contribution in [0.4, 0.5) is 4.79 Å². The quantitative estimate of drug-likeness (QED) is 0.573. The predicted octanol–water partition coefficient (Wildman–Crippen LogP) is 3.42. The van der Waals surface area contributed by atoms with Gasteiger partial charge >= 0.3 is 18.0 Å². The third-order valence-electron chi connectivity index (χ3n) is 4.37. The molecule has 0 unspecified atom stereocenters. The third kappa shape index (κ3) is 9.15. The first-order valence-corrected chi connectivity index (χ1v) is 9.13. The number of nitrogens with one attached hydrogen (secondary N) is 1. The molecule has 1 amide bonds. The molecule has 2 rings (SSSR count). The number of hydrogen-bond donors (Lipinski definition) is 4. The molecule has 8 nitrogen and oxygen atoms in total. The monoisotopic (exact) mass is 430 g/mol. The molecule has 0 saturated heterocycles. The van der Waals surface area contributed by atoms with Crippen molar-refractivity contribution in [1.29, 1.82) is 0 Å². The maximum absolute atomic E-state index is 11.4. The Hall–Kier alpha value is -2.32. The smallest absolute Gasteiger partial charge is 0.407 e. The summed E-state index contributed by atoms with van der Waals surface area (Å²) >= 11 is 0. The van der Waals surface area contributed by atoms with Gasteiger partial charge in [0.2, 0.25) is 0 Å². The molecule has 1 aromatic carbocycles. The Balaban J connectivity index is 0.000000606. The highest BCUT2D eigenvalue weighted by atomic mass is 35.5. The highest BCUT2D eigenvalue weighted by Crippen LogP contribution is 2.33. The molecule has 164 valence electrons. The second-order valence-electron chi connectivity index (χ2n) is 8.11. The van der Waals surface area contributed by atoms with Crippen LogP contribution in [0.3, 0.4) is 0 Å². The van der Waals surface area contributed by atoms with Gasteiger partial charge in [-0.3, -0.25) is 4.79 Å². The molecule has 5 N–H and O–H groups in total. The topological polar surface area (TPSA) is 139 Å². The molecule has 9 heteroatoms. The van der Waals surface area contributed by atoms with E-state index in [0.717, 1.165) is 19.3 Å². The molecule has 0 heterocycles. The summed E-state index contributed by atoms with van der Waals surface area (Å²) in [5.74, 6) is -2.09. The second-order valence-corrected chi connectivity index (χ2v) is 8.11. The SMILES string of the molecule is CC(C)(C)OC(=O)NCc1ccccc1C(=O)O.C[C@@]1(N)CCC[C@H]1C(=O)O.Cl. The van der Waals surface area contributed by atoms with Crippen LogP contribution in [0.5, 0.6) is 0 Å². The van der Waals surface area contributed by atoms with Gasteiger partial charge in [0.15, 0.2) is 0 Å². The molecular formula is C20H31ClN2O6. The van der Waals surface area contributed by atoms with Crippen LogP contribution in [0.25, 0.3) is 0 Å². The van der Waals surface area contributed by atoms with Crippen molar-refractivity contribution in [3.05, 3.63) is 35.4 Å². The van der Waals surface area contributed by atoms with Gasteiger partial charge in [-0.1, -0.05) is 24.6 Å². The van der Waals surface area contributed by atoms with Crippen molar-refractivity contribution in [3.8, 4) is 0 Å². The first kappa shape index (κ1) is 26.7. The number of aromatic carboxylic acids is 1. The van der Waals surface area contributed by atoms with Gasteiger partial charge < -0.3 is 26.0 Å². The zero-order chi connectivity index (χ0) is 21.5. The number of nitrogens with two attached hydrogens (primary N) is 1. The maximum atomic E-state index is 11.4. The van der Waals surface area contributed by atoms with Crippen molar-refractivity contribution in [3.63, 3.8) is 0 Å². The molecule has 0 aromatic heterocycles. The van der Waals surface area contributed by atoms with E-state index in [1.165, 1.54) is 6.07 Å². The number of rotatable bonds is 4. The number of amides is 1. The van der Waals surface area contributed by atoms with Crippen LogP contribution in [0, 0.1) is 5.92 Å². The van der Waals surface area contributed by atoms with Crippen LogP contribution in [-0.4, -0.2) is 39.4 Å². The Bertz CT molecular complexity index is 715. The van der Waals surface area contributed by atoms with Crippen LogP contribution >= 0.6 is 12.4 Å². The van der Waals surface area contributed by atoms with Crippen LogP contribution in [0.2, 0.25) is 0 Å². The van der Waals surface area contributed by atoms with Gasteiger partial charge in [0.1, 0.15) is 5.60 Å². The number of halogens is 1. The summed E-state index contributed by atoms with van der Waals surface area (Å²) in [5, 5.41) is 20.2. The number of carbonyl (C=O) groups is 3. The summed E-state index contributed by atoms with van der Waals surface area (Å²) < 4.78 is 5.06. The Morgan fingerprint density at radius 1 is 1.24 bits per heavy atom. The fourth-order valence-electron chi connectivity index (χ4n) is 2.96. The number of carboxylic acid groups (broad SMARTS) is 2. The van der Waals surface area contributed by atoms with Gasteiger partial charge in [-0.25, -0.2) is 9.59 Å². The average molecular weight is 431 g/mol. The molecule has 1 aliphatic carbocycles. The summed E-state index contributed by atoms with van der Waals surface area (Å²) in [5.41, 5.74) is 5.42. The van der Waals surface area contributed by atoms with Gasteiger partial charge in [-0.2, -0.15) is 0 Å². The Labute approximate surface area is 177 Å². The van der Waals surface area contributed by atoms with Gasteiger partial charge in [0, 0.05) is 12.1 Å². The number of benzene rings is 1. The molecule has 0 radical (unpaired) electrons. The van der Waals surface area contributed by atoms with Crippen molar-refractivity contribution < 1.29 is 29.3 Å². The molecule has 29 heavy (non-hydrogen) atoms. The van der Waals surface area contributed by atoms with Gasteiger partial charge in [-0.05, 0) is 52.2 Å². The molecular weight excluding hydrogens is 400 g/mol. The van der Waals surface area contributed by atoms with Crippen molar-refractivity contribution in [2.45, 2.75) is 64.6 Å². The number of carbonyl (C=O) groups excluding carboxylic acids is 1. The van der Waals surface area contributed by atoms with Crippen LogP contribution in [0.15, 0.2) is 24.3 Å². The minimum absolute atomic E-state index is 0. The molecule has 1 saturated carbocycles. The normalized spacial score (nSPS) is 20.5. The average Bonchev–Trinajstić information content (AvgIpc) is 2.91. The number of hydrogen-bond acceptors (Lipinski definition) is 5. The zero-order valence-corrected chi connectivity index (χ0v) is 18.0. The van der Waals surface area contributed by atoms with Crippen molar-refractivity contribution in [2.24, 2.45) is 11.7 Å². The summed E-state index contributed by atoms with van der Waals surface area (Å²) in [6.07, 6.45) is 1.96. The largest absolute Gasteiger partial charge is 0.481 e. The number of alkyl carbamates (subject to hydrolysis) is 1. The van der Waals surface area contributed by atoms with Crippen LogP contribution < -0.4 is 11.1 Å². The molecule has 2 atom stereocenters. The highest BCUT2D eigenvalue weighted by molar-refractivity contribution is 5.89. The summed E-state index contributed by atoms with van der Waals surface area (Å²) in [7, 11) is 0. The highest BCUT2D eigenvalue weighted by Gasteiger charge is 2.39. The molecule has 0 aliphatic heterocycles. The van der Waals surface area contributed by atoms with Gasteiger partial charge in [0.25, 0.3) is 0 Å². The Morgan fingerprint density at radius 3 is 2.24 bits per heavy atom. The summed E-state index contributed by atoms with van der Waals surface area (Å²) in [4.78, 5) is 32.9. The molecule has 0 bridgehead atoms. The van der Waals surface area contributed by atoms with Gasteiger partial charge in [-0.15, -0.1) is 12.4 Å². The summed E-state index contributed by atoms with van der Waals surface area (Å²) in [6, 6.07) is 6.51. The Morgan fingerprint density at radius 2 is 1.83 bits per heavy atom. The first-order chi connectivity index (χ1) is 12.8. The molecule has 1 aliphatic rings. The molecule has 1 fully saturated rings. The van der Waals surface area contributed by atoms with E-state index in [1.54, 1.807) is 39.0 Å². The van der Waals surface area contributed by atoms with Crippen molar-refractivity contribution >= 4 is 30.4 Å². The van der Waals surface area contributed by atoms with E-state index >= 15 is 0 Å². The van der Waals surface area contributed by atoms with Crippen molar-refractivity contribution in [2.75, 3.05) is 0 Å². The fourth-order valence-corrected chi connectivity index (χ4v) is 2.96. The second kappa shape index (κ2) is 11.0. The lowest BCUT2D eigenvalue weighted by Crippen LogP contribution is -2.43. The van der Waals surface area contributed by atoms with E-state index < -0.39 is 29.2 Å². The molecule has 0 spiro atoms. The number of aliphatic carboxylic acids is 1. The van der Waals surface area contributed by atoms with E-state index in [9.17, 15) is 14.4 Å². The molecule has 1 aromatic rings. The van der Waals surface area contributed by atoms with Gasteiger partial charge in [0.05, 0.1) is 11.5 Å². The zero-order valence-electron chi connectivity index (χ0n) is 17.2. The predicted molar refractivity (Wildman–Crippen MR) is 111 cm³/mol. The van der Waals surface area contributed by atoms with Crippen LogP contribution in [-0.2, 0) is 16.1 Å². The fraction of sp³-hybridized carbons (Fsp3) is 0.550. The van der Waals surface area contributed by atoms with E-state index in [2.05, 4.69) is 5.32 Å². The number of carboxylic acids is 2. The van der Waals surface area contributed by atoms with E-state index in [0.29, 0.717) is 5.56 Å². The van der Waals surface area contributed by atoms with Crippen LogP contribution in [0.1, 0.15) is 62.9 Å².